The van der Waals surface area contributed by atoms with Crippen LogP contribution < -0.4 is 19.4 Å². The fourth-order valence-electron chi connectivity index (χ4n) is 4.40. The van der Waals surface area contributed by atoms with E-state index in [0.717, 1.165) is 11.3 Å². The molecular formula is C25H22ClF3N6O3. The summed E-state index contributed by atoms with van der Waals surface area (Å²) >= 11 is 6.21. The summed E-state index contributed by atoms with van der Waals surface area (Å²) in [6, 6.07) is 12.6. The maximum absolute atomic E-state index is 13.0. The first-order valence-electron chi connectivity index (χ1n) is 11.6. The number of nitrogens with zero attached hydrogens (tertiary/aromatic N) is 6. The highest BCUT2D eigenvalue weighted by Crippen LogP contribution is 2.35. The van der Waals surface area contributed by atoms with E-state index in [2.05, 4.69) is 24.8 Å². The van der Waals surface area contributed by atoms with Crippen LogP contribution in [0.3, 0.4) is 0 Å². The Morgan fingerprint density at radius 3 is 2.47 bits per heavy atom. The molecule has 2 aromatic heterocycles. The molecule has 5 rings (SSSR count). The number of alkyl halides is 3. The Kier molecular flexibility index (Phi) is 6.74. The van der Waals surface area contributed by atoms with Crippen LogP contribution in [0.15, 0.2) is 48.8 Å². The highest BCUT2D eigenvalue weighted by Gasteiger charge is 2.43. The van der Waals surface area contributed by atoms with Crippen LogP contribution in [0.5, 0.6) is 5.75 Å². The first kappa shape index (κ1) is 25.6. The third-order valence-corrected chi connectivity index (χ3v) is 6.49. The standard InChI is InChI=1S/C25H22ClF3N6O3/c1-15-6-7-17(26)13-19(15)33-8-10-34(11-9-33)22-20-21(16-4-3-5-18(12-16)37-2)32-35(23(20)31-14-30-22)38-24(36)25(27,28)29/h3-7,12-14H,8-11H2,1-2H3. The fourth-order valence-corrected chi connectivity index (χ4v) is 4.57. The van der Waals surface area contributed by atoms with Gasteiger partial charge in [0.2, 0.25) is 5.65 Å². The number of carbonyl (C=O) groups excluding carboxylic acids is 1. The van der Waals surface area contributed by atoms with Gasteiger partial charge in [0.1, 0.15) is 23.6 Å². The molecule has 0 unspecified atom stereocenters. The van der Waals surface area contributed by atoms with Gasteiger partial charge in [-0.3, -0.25) is 0 Å². The van der Waals surface area contributed by atoms with Crippen molar-refractivity contribution in [1.82, 2.24) is 19.9 Å². The lowest BCUT2D eigenvalue weighted by Crippen LogP contribution is -2.47. The van der Waals surface area contributed by atoms with Gasteiger partial charge in [-0.15, -0.1) is 5.10 Å². The third-order valence-electron chi connectivity index (χ3n) is 6.25. The molecule has 0 aliphatic carbocycles. The maximum Gasteiger partial charge on any atom is 0.493 e. The number of methoxy groups -OCH3 is 1. The Hall–Kier alpha value is -4.06. The van der Waals surface area contributed by atoms with Crippen LogP contribution in [-0.4, -0.2) is 65.3 Å². The second kappa shape index (κ2) is 10.0. The predicted molar refractivity (Wildman–Crippen MR) is 136 cm³/mol. The van der Waals surface area contributed by atoms with E-state index < -0.39 is 12.1 Å². The van der Waals surface area contributed by atoms with Crippen LogP contribution in [0.4, 0.5) is 24.7 Å². The monoisotopic (exact) mass is 546 g/mol. The summed E-state index contributed by atoms with van der Waals surface area (Å²) in [7, 11) is 1.50. The molecule has 0 N–H and O–H groups in total. The molecule has 0 bridgehead atoms. The lowest BCUT2D eigenvalue weighted by Gasteiger charge is -2.37. The molecular weight excluding hydrogens is 525 g/mol. The van der Waals surface area contributed by atoms with Gasteiger partial charge in [0.05, 0.1) is 12.5 Å². The number of halogens is 4. The Morgan fingerprint density at radius 1 is 1.03 bits per heavy atom. The van der Waals surface area contributed by atoms with Crippen molar-refractivity contribution in [3.8, 4) is 17.0 Å². The quantitative estimate of drug-likeness (QED) is 0.366. The van der Waals surface area contributed by atoms with Gasteiger partial charge in [0.15, 0.2) is 0 Å². The van der Waals surface area contributed by atoms with Gasteiger partial charge in [-0.25, -0.2) is 14.8 Å². The molecule has 1 saturated heterocycles. The fraction of sp³-hybridized carbons (Fsp3) is 0.280. The molecule has 38 heavy (non-hydrogen) atoms. The van der Waals surface area contributed by atoms with Gasteiger partial charge in [-0.05, 0) is 36.8 Å². The topological polar surface area (TPSA) is 85.6 Å². The molecule has 0 saturated carbocycles. The number of hydrogen-bond acceptors (Lipinski definition) is 8. The van der Waals surface area contributed by atoms with E-state index in [1.807, 2.05) is 30.0 Å². The van der Waals surface area contributed by atoms with E-state index in [0.29, 0.717) is 58.6 Å². The number of rotatable bonds is 5. The van der Waals surface area contributed by atoms with Crippen LogP contribution in [0.1, 0.15) is 5.56 Å². The van der Waals surface area contributed by atoms with Gasteiger partial charge in [0.25, 0.3) is 0 Å². The smallest absolute Gasteiger partial charge is 0.493 e. The van der Waals surface area contributed by atoms with Crippen LogP contribution in [0.2, 0.25) is 5.02 Å². The summed E-state index contributed by atoms with van der Waals surface area (Å²) in [5, 5.41) is 5.19. The first-order valence-corrected chi connectivity index (χ1v) is 12.0. The summed E-state index contributed by atoms with van der Waals surface area (Å²) < 4.78 is 44.2. The molecule has 198 valence electrons. The summed E-state index contributed by atoms with van der Waals surface area (Å²) in [6.07, 6.45) is -4.00. The van der Waals surface area contributed by atoms with Gasteiger partial charge in [-0.2, -0.15) is 13.2 Å². The largest absolute Gasteiger partial charge is 0.497 e. The highest BCUT2D eigenvalue weighted by atomic mass is 35.5. The highest BCUT2D eigenvalue weighted by molar-refractivity contribution is 6.30. The minimum absolute atomic E-state index is 0.0708. The van der Waals surface area contributed by atoms with Crippen molar-refractivity contribution in [3.63, 3.8) is 0 Å². The zero-order valence-electron chi connectivity index (χ0n) is 20.4. The van der Waals surface area contributed by atoms with E-state index in [1.165, 1.54) is 13.4 Å². The van der Waals surface area contributed by atoms with E-state index >= 15 is 0 Å². The molecule has 4 aromatic rings. The zero-order valence-corrected chi connectivity index (χ0v) is 21.1. The lowest BCUT2D eigenvalue weighted by molar-refractivity contribution is -0.200. The SMILES string of the molecule is COc1cccc(-c2nn(OC(=O)C(F)(F)F)c3ncnc(N4CCN(c5cc(Cl)ccc5C)CC4)c23)c1. The van der Waals surface area contributed by atoms with Crippen molar-refractivity contribution < 1.29 is 27.5 Å². The van der Waals surface area contributed by atoms with Gasteiger partial charge < -0.3 is 19.4 Å². The van der Waals surface area contributed by atoms with E-state index in [1.54, 1.807) is 24.3 Å². The zero-order chi connectivity index (χ0) is 27.0. The number of piperazine rings is 1. The van der Waals surface area contributed by atoms with E-state index in [-0.39, 0.29) is 11.3 Å². The second-order valence-corrected chi connectivity index (χ2v) is 9.07. The van der Waals surface area contributed by atoms with Crippen molar-refractivity contribution >= 4 is 40.1 Å². The van der Waals surface area contributed by atoms with Crippen LogP contribution in [0, 0.1) is 6.92 Å². The number of carbonyl (C=O) groups is 1. The van der Waals surface area contributed by atoms with Crippen molar-refractivity contribution in [2.24, 2.45) is 0 Å². The van der Waals surface area contributed by atoms with Gasteiger partial charge >= 0.3 is 12.1 Å². The maximum atomic E-state index is 13.0. The van der Waals surface area contributed by atoms with Crippen molar-refractivity contribution in [2.75, 3.05) is 43.1 Å². The Labute approximate surface area is 220 Å². The molecule has 1 aliphatic heterocycles. The number of benzene rings is 2. The number of hydrogen-bond donors (Lipinski definition) is 0. The molecule has 3 heterocycles. The number of aryl methyl sites for hydroxylation is 1. The number of fused-ring (bicyclic) bond motifs is 1. The van der Waals surface area contributed by atoms with Gasteiger partial charge in [-0.1, -0.05) is 34.6 Å². The summed E-state index contributed by atoms with van der Waals surface area (Å²) in [5.74, 6) is -1.43. The Bertz CT molecular complexity index is 1500. The first-order chi connectivity index (χ1) is 18.2. The average molecular weight is 547 g/mol. The number of aromatic nitrogens is 4. The second-order valence-electron chi connectivity index (χ2n) is 8.63. The molecule has 1 aliphatic rings. The van der Waals surface area contributed by atoms with E-state index in [4.69, 9.17) is 16.3 Å². The van der Waals surface area contributed by atoms with Crippen LogP contribution >= 0.6 is 11.6 Å². The van der Waals surface area contributed by atoms with Gasteiger partial charge in [0, 0.05) is 42.5 Å². The number of ether oxygens (including phenoxy) is 1. The number of anilines is 2. The van der Waals surface area contributed by atoms with E-state index in [9.17, 15) is 18.0 Å². The Morgan fingerprint density at radius 2 is 1.76 bits per heavy atom. The summed E-state index contributed by atoms with van der Waals surface area (Å²) in [4.78, 5) is 29.5. The molecule has 0 atom stereocenters. The minimum atomic E-state index is -5.21. The molecule has 0 amide bonds. The molecule has 2 aromatic carbocycles. The molecule has 0 spiro atoms. The summed E-state index contributed by atoms with van der Waals surface area (Å²) in [5.41, 5.74) is 2.84. The van der Waals surface area contributed by atoms with Crippen LogP contribution in [-0.2, 0) is 4.79 Å². The average Bonchev–Trinajstić information content (AvgIpc) is 3.28. The molecule has 1 fully saturated rings. The minimum Gasteiger partial charge on any atom is -0.497 e. The van der Waals surface area contributed by atoms with Crippen LogP contribution in [0.25, 0.3) is 22.3 Å². The van der Waals surface area contributed by atoms with Crippen molar-refractivity contribution in [1.29, 1.82) is 0 Å². The summed E-state index contributed by atoms with van der Waals surface area (Å²) in [6.45, 7) is 4.44. The third kappa shape index (κ3) is 4.91. The van der Waals surface area contributed by atoms with Crippen molar-refractivity contribution in [3.05, 3.63) is 59.4 Å². The molecule has 9 nitrogen and oxygen atoms in total. The lowest BCUT2D eigenvalue weighted by atomic mass is 10.1. The molecule has 13 heteroatoms. The normalized spacial score (nSPS) is 14.2. The Balaban J connectivity index is 1.55. The van der Waals surface area contributed by atoms with Crippen molar-refractivity contribution in [2.45, 2.75) is 13.1 Å². The predicted octanol–water partition coefficient (Wildman–Crippen LogP) is 4.31. The molecule has 0 radical (unpaired) electrons.